The van der Waals surface area contributed by atoms with Crippen LogP contribution in [0.4, 0.5) is 0 Å². The zero-order chi connectivity index (χ0) is 22.6. The number of hydrogen-bond donors (Lipinski definition) is 0. The minimum absolute atomic E-state index is 0.208. The standard InChI is InChI=1S/C25H34N4OSi/c1-16-14-18(24-26-28-29(6)27-24)15-17(2)23(16)21-11-9-10-20-19(21)12-13-22(20)30-31(7,8)25(3,4)5/h9-11,14-15,22H,12-13H2,1-8H3/t22-/m0/s1. The number of tetrazole rings is 1. The first-order valence-electron chi connectivity index (χ1n) is 11.1. The molecule has 1 aromatic heterocycles. The Morgan fingerprint density at radius 3 is 2.35 bits per heavy atom. The highest BCUT2D eigenvalue weighted by Gasteiger charge is 2.41. The summed E-state index contributed by atoms with van der Waals surface area (Å²) < 4.78 is 6.83. The number of aryl methyl sites for hydroxylation is 3. The smallest absolute Gasteiger partial charge is 0.204 e. The monoisotopic (exact) mass is 434 g/mol. The van der Waals surface area contributed by atoms with E-state index in [1.54, 1.807) is 7.05 Å². The van der Waals surface area contributed by atoms with Crippen molar-refractivity contribution in [2.75, 3.05) is 0 Å². The van der Waals surface area contributed by atoms with Gasteiger partial charge in [0.1, 0.15) is 0 Å². The molecule has 6 heteroatoms. The molecule has 0 saturated heterocycles. The molecule has 1 atom stereocenters. The van der Waals surface area contributed by atoms with E-state index < -0.39 is 8.32 Å². The predicted octanol–water partition coefficient (Wildman–Crippen LogP) is 6.17. The van der Waals surface area contributed by atoms with Gasteiger partial charge in [-0.3, -0.25) is 0 Å². The highest BCUT2D eigenvalue weighted by atomic mass is 28.4. The molecule has 0 amide bonds. The number of nitrogens with zero attached hydrogens (tertiary/aromatic N) is 4. The Morgan fingerprint density at radius 1 is 1.10 bits per heavy atom. The summed E-state index contributed by atoms with van der Waals surface area (Å²) in [6.07, 6.45) is 2.34. The lowest BCUT2D eigenvalue weighted by Crippen LogP contribution is -2.41. The van der Waals surface area contributed by atoms with Crippen molar-refractivity contribution in [2.45, 2.75) is 71.7 Å². The fraction of sp³-hybridized carbons (Fsp3) is 0.480. The second-order valence-corrected chi connectivity index (χ2v) is 15.1. The molecule has 0 spiro atoms. The maximum atomic E-state index is 6.83. The van der Waals surface area contributed by atoms with Crippen LogP contribution < -0.4 is 0 Å². The van der Waals surface area contributed by atoms with Gasteiger partial charge in [0.2, 0.25) is 5.82 Å². The van der Waals surface area contributed by atoms with Gasteiger partial charge in [-0.25, -0.2) is 0 Å². The molecule has 0 bridgehead atoms. The Kier molecular flexibility index (Phi) is 5.42. The lowest BCUT2D eigenvalue weighted by Gasteiger charge is -2.38. The van der Waals surface area contributed by atoms with Crippen molar-refractivity contribution in [3.05, 3.63) is 52.6 Å². The number of benzene rings is 2. The molecule has 0 fully saturated rings. The van der Waals surface area contributed by atoms with Gasteiger partial charge in [-0.2, -0.15) is 4.80 Å². The van der Waals surface area contributed by atoms with Crippen LogP contribution >= 0.6 is 0 Å². The van der Waals surface area contributed by atoms with Crippen molar-refractivity contribution in [2.24, 2.45) is 7.05 Å². The van der Waals surface area contributed by atoms with E-state index in [0.717, 1.165) is 18.4 Å². The first kappa shape index (κ1) is 21.9. The van der Waals surface area contributed by atoms with Gasteiger partial charge in [0.05, 0.1) is 13.2 Å². The van der Waals surface area contributed by atoms with E-state index in [1.807, 2.05) is 0 Å². The average Bonchev–Trinajstić information content (AvgIpc) is 3.27. The summed E-state index contributed by atoms with van der Waals surface area (Å²) in [5.41, 5.74) is 8.97. The van der Waals surface area contributed by atoms with Gasteiger partial charge in [0.25, 0.3) is 0 Å². The van der Waals surface area contributed by atoms with Crippen LogP contribution in [-0.4, -0.2) is 28.5 Å². The molecule has 164 valence electrons. The molecule has 1 aliphatic carbocycles. The summed E-state index contributed by atoms with van der Waals surface area (Å²) >= 11 is 0. The van der Waals surface area contributed by atoms with Crippen LogP contribution in [0.3, 0.4) is 0 Å². The highest BCUT2D eigenvalue weighted by Crippen LogP contribution is 2.46. The first-order chi connectivity index (χ1) is 14.5. The molecule has 0 unspecified atom stereocenters. The van der Waals surface area contributed by atoms with Gasteiger partial charge in [0, 0.05) is 5.56 Å². The Morgan fingerprint density at radius 2 is 1.77 bits per heavy atom. The lowest BCUT2D eigenvalue weighted by molar-refractivity contribution is 0.185. The summed E-state index contributed by atoms with van der Waals surface area (Å²) in [4.78, 5) is 1.50. The van der Waals surface area contributed by atoms with Crippen molar-refractivity contribution in [1.29, 1.82) is 0 Å². The molecule has 0 radical (unpaired) electrons. The normalized spacial score (nSPS) is 16.6. The predicted molar refractivity (Wildman–Crippen MR) is 128 cm³/mol. The first-order valence-corrected chi connectivity index (χ1v) is 14.0. The van der Waals surface area contributed by atoms with Gasteiger partial charge in [-0.1, -0.05) is 39.0 Å². The Labute approximate surface area is 187 Å². The van der Waals surface area contributed by atoms with Crippen LogP contribution in [0.25, 0.3) is 22.5 Å². The van der Waals surface area contributed by atoms with Crippen molar-refractivity contribution < 1.29 is 4.43 Å². The van der Waals surface area contributed by atoms with Crippen LogP contribution in [-0.2, 0) is 17.9 Å². The Balaban J connectivity index is 1.72. The topological polar surface area (TPSA) is 52.8 Å². The molecule has 1 heterocycles. The molecular weight excluding hydrogens is 400 g/mol. The minimum atomic E-state index is -1.82. The average molecular weight is 435 g/mol. The van der Waals surface area contributed by atoms with Crippen LogP contribution in [0.2, 0.25) is 18.1 Å². The van der Waals surface area contributed by atoms with E-state index in [9.17, 15) is 0 Å². The van der Waals surface area contributed by atoms with Crippen molar-refractivity contribution in [3.8, 4) is 22.5 Å². The molecule has 0 N–H and O–H groups in total. The van der Waals surface area contributed by atoms with E-state index in [4.69, 9.17) is 4.43 Å². The molecule has 0 aliphatic heterocycles. The SMILES string of the molecule is Cc1cc(-c2nnn(C)n2)cc(C)c1-c1cccc2c1CC[C@@H]2O[Si](C)(C)C(C)(C)C. The van der Waals surface area contributed by atoms with E-state index in [0.29, 0.717) is 5.82 Å². The van der Waals surface area contributed by atoms with E-state index in [2.05, 4.69) is 93.5 Å². The summed E-state index contributed by atoms with van der Waals surface area (Å²) in [6, 6.07) is 11.1. The molecule has 5 nitrogen and oxygen atoms in total. The third kappa shape index (κ3) is 3.99. The Hall–Kier alpha value is -2.31. The van der Waals surface area contributed by atoms with Gasteiger partial charge < -0.3 is 4.43 Å². The van der Waals surface area contributed by atoms with Crippen molar-refractivity contribution in [1.82, 2.24) is 20.2 Å². The largest absolute Gasteiger partial charge is 0.410 e. The lowest BCUT2D eigenvalue weighted by atomic mass is 9.89. The van der Waals surface area contributed by atoms with Crippen LogP contribution in [0.5, 0.6) is 0 Å². The van der Waals surface area contributed by atoms with Gasteiger partial charge in [-0.15, -0.1) is 10.2 Å². The number of hydrogen-bond acceptors (Lipinski definition) is 4. The number of aromatic nitrogens is 4. The summed E-state index contributed by atoms with van der Waals surface area (Å²) in [5.74, 6) is 0.668. The van der Waals surface area contributed by atoms with Crippen LogP contribution in [0.1, 0.15) is 55.5 Å². The van der Waals surface area contributed by atoms with Crippen LogP contribution in [0, 0.1) is 13.8 Å². The maximum absolute atomic E-state index is 6.83. The van der Waals surface area contributed by atoms with Gasteiger partial charge in [-0.05, 0) is 95.5 Å². The third-order valence-corrected chi connectivity index (χ3v) is 11.5. The number of fused-ring (bicyclic) bond motifs is 1. The van der Waals surface area contributed by atoms with Crippen molar-refractivity contribution in [3.63, 3.8) is 0 Å². The zero-order valence-corrected chi connectivity index (χ0v) is 21.1. The molecule has 3 aromatic rings. The fourth-order valence-corrected chi connectivity index (χ4v) is 5.73. The van der Waals surface area contributed by atoms with E-state index >= 15 is 0 Å². The van der Waals surface area contributed by atoms with Gasteiger partial charge in [0.15, 0.2) is 8.32 Å². The molecule has 2 aromatic carbocycles. The summed E-state index contributed by atoms with van der Waals surface area (Å²) in [5, 5.41) is 12.7. The minimum Gasteiger partial charge on any atom is -0.410 e. The molecule has 4 rings (SSSR count). The second kappa shape index (κ2) is 7.68. The molecular formula is C25H34N4OSi. The third-order valence-electron chi connectivity index (χ3n) is 7.03. The second-order valence-electron chi connectivity index (χ2n) is 10.4. The zero-order valence-electron chi connectivity index (χ0n) is 20.1. The molecule has 31 heavy (non-hydrogen) atoms. The molecule has 0 saturated carbocycles. The molecule has 1 aliphatic rings. The summed E-state index contributed by atoms with van der Waals surface area (Å²) in [7, 11) is -0.0298. The quantitative estimate of drug-likeness (QED) is 0.461. The van der Waals surface area contributed by atoms with Crippen LogP contribution in [0.15, 0.2) is 30.3 Å². The maximum Gasteiger partial charge on any atom is 0.204 e. The highest BCUT2D eigenvalue weighted by molar-refractivity contribution is 6.74. The Bertz CT molecular complexity index is 1100. The van der Waals surface area contributed by atoms with Gasteiger partial charge >= 0.3 is 0 Å². The summed E-state index contributed by atoms with van der Waals surface area (Å²) in [6.45, 7) is 16.0. The number of rotatable bonds is 4. The van der Waals surface area contributed by atoms with E-state index in [1.165, 1.54) is 38.2 Å². The van der Waals surface area contributed by atoms with E-state index in [-0.39, 0.29) is 11.1 Å². The fourth-order valence-electron chi connectivity index (χ4n) is 4.42. The van der Waals surface area contributed by atoms with Crippen molar-refractivity contribution >= 4 is 8.32 Å².